The first-order valence-electron chi connectivity index (χ1n) is 9.36. The van der Waals surface area contributed by atoms with Gasteiger partial charge in [-0.25, -0.2) is 0 Å². The smallest absolute Gasteiger partial charge is 0.303 e. The molecule has 150 valence electrons. The van der Waals surface area contributed by atoms with Gasteiger partial charge in [-0.1, -0.05) is 60.7 Å². The SMILES string of the molecule is CC(=O)O[C@H]1C(O)O[C@@H](C)[C@H](OCc2ccccc2)[C@H]1OCc1ccccc1. The van der Waals surface area contributed by atoms with Gasteiger partial charge in [-0.3, -0.25) is 4.79 Å². The highest BCUT2D eigenvalue weighted by molar-refractivity contribution is 5.66. The van der Waals surface area contributed by atoms with Crippen LogP contribution in [0, 0.1) is 0 Å². The Balaban J connectivity index is 1.76. The molecule has 0 aromatic heterocycles. The first kappa shape index (κ1) is 20.5. The molecule has 0 bridgehead atoms. The fourth-order valence-electron chi connectivity index (χ4n) is 3.26. The normalized spacial score (nSPS) is 27.3. The number of aliphatic hydroxyl groups is 1. The lowest BCUT2D eigenvalue weighted by Gasteiger charge is -2.43. The van der Waals surface area contributed by atoms with Crippen molar-refractivity contribution in [3.63, 3.8) is 0 Å². The van der Waals surface area contributed by atoms with Gasteiger partial charge in [-0.05, 0) is 18.1 Å². The molecule has 2 aromatic carbocycles. The van der Waals surface area contributed by atoms with E-state index in [2.05, 4.69) is 0 Å². The monoisotopic (exact) mass is 386 g/mol. The molecule has 28 heavy (non-hydrogen) atoms. The Hall–Kier alpha value is -2.25. The number of hydrogen-bond donors (Lipinski definition) is 1. The molecule has 1 aliphatic heterocycles. The van der Waals surface area contributed by atoms with Gasteiger partial charge in [0.05, 0.1) is 19.3 Å². The summed E-state index contributed by atoms with van der Waals surface area (Å²) in [5.41, 5.74) is 1.98. The molecule has 1 aliphatic rings. The quantitative estimate of drug-likeness (QED) is 0.738. The Morgan fingerprint density at radius 3 is 1.89 bits per heavy atom. The third-order valence-electron chi connectivity index (χ3n) is 4.62. The highest BCUT2D eigenvalue weighted by Crippen LogP contribution is 2.28. The van der Waals surface area contributed by atoms with Crippen molar-refractivity contribution in [2.24, 2.45) is 0 Å². The molecule has 5 atom stereocenters. The molecular weight excluding hydrogens is 360 g/mol. The Kier molecular flexibility index (Phi) is 7.17. The minimum atomic E-state index is -1.28. The van der Waals surface area contributed by atoms with Crippen molar-refractivity contribution < 1.29 is 28.8 Å². The second-order valence-corrected chi connectivity index (χ2v) is 6.83. The average Bonchev–Trinajstić information content (AvgIpc) is 2.69. The first-order chi connectivity index (χ1) is 13.5. The molecule has 0 amide bonds. The summed E-state index contributed by atoms with van der Waals surface area (Å²) in [6.45, 7) is 3.75. The van der Waals surface area contributed by atoms with Gasteiger partial charge < -0.3 is 24.1 Å². The molecule has 6 heteroatoms. The van der Waals surface area contributed by atoms with Crippen LogP contribution in [0.15, 0.2) is 60.7 Å². The van der Waals surface area contributed by atoms with E-state index in [1.165, 1.54) is 6.92 Å². The maximum Gasteiger partial charge on any atom is 0.303 e. The zero-order valence-electron chi connectivity index (χ0n) is 16.1. The number of rotatable bonds is 7. The molecule has 2 aromatic rings. The topological polar surface area (TPSA) is 74.2 Å². The summed E-state index contributed by atoms with van der Waals surface area (Å²) < 4.78 is 23.0. The Morgan fingerprint density at radius 1 is 0.893 bits per heavy atom. The Labute approximate surface area is 165 Å². The van der Waals surface area contributed by atoms with Gasteiger partial charge >= 0.3 is 5.97 Å². The molecule has 6 nitrogen and oxygen atoms in total. The highest BCUT2D eigenvalue weighted by Gasteiger charge is 2.47. The van der Waals surface area contributed by atoms with Crippen LogP contribution in [0.4, 0.5) is 0 Å². The van der Waals surface area contributed by atoms with Gasteiger partial charge in [-0.15, -0.1) is 0 Å². The van der Waals surface area contributed by atoms with E-state index in [-0.39, 0.29) is 0 Å². The molecule has 1 heterocycles. The van der Waals surface area contributed by atoms with Crippen molar-refractivity contribution >= 4 is 5.97 Å². The number of carbonyl (C=O) groups excluding carboxylic acids is 1. The summed E-state index contributed by atoms with van der Waals surface area (Å²) >= 11 is 0. The van der Waals surface area contributed by atoms with Gasteiger partial charge in [-0.2, -0.15) is 0 Å². The molecule has 1 saturated heterocycles. The molecule has 1 unspecified atom stereocenters. The van der Waals surface area contributed by atoms with Crippen LogP contribution in [-0.2, 0) is 37.0 Å². The van der Waals surface area contributed by atoms with Crippen molar-refractivity contribution in [3.8, 4) is 0 Å². The van der Waals surface area contributed by atoms with E-state index in [0.717, 1.165) is 11.1 Å². The average molecular weight is 386 g/mol. The minimum Gasteiger partial charge on any atom is -0.454 e. The fourth-order valence-corrected chi connectivity index (χ4v) is 3.26. The van der Waals surface area contributed by atoms with Gasteiger partial charge in [0.2, 0.25) is 0 Å². The molecule has 0 spiro atoms. The second kappa shape index (κ2) is 9.80. The molecule has 0 saturated carbocycles. The van der Waals surface area contributed by atoms with Crippen LogP contribution < -0.4 is 0 Å². The second-order valence-electron chi connectivity index (χ2n) is 6.83. The van der Waals surface area contributed by atoms with Gasteiger partial charge in [0, 0.05) is 6.92 Å². The van der Waals surface area contributed by atoms with Crippen LogP contribution in [0.2, 0.25) is 0 Å². The number of esters is 1. The molecule has 1 N–H and O–H groups in total. The third kappa shape index (κ3) is 5.39. The van der Waals surface area contributed by atoms with E-state index in [1.54, 1.807) is 0 Å². The summed E-state index contributed by atoms with van der Waals surface area (Å²) in [5.74, 6) is -0.516. The molecule has 1 fully saturated rings. The first-order valence-corrected chi connectivity index (χ1v) is 9.36. The summed E-state index contributed by atoms with van der Waals surface area (Å²) in [6.07, 6.45) is -3.89. The zero-order valence-corrected chi connectivity index (χ0v) is 16.1. The third-order valence-corrected chi connectivity index (χ3v) is 4.62. The molecule has 0 aliphatic carbocycles. The number of ether oxygens (including phenoxy) is 4. The summed E-state index contributed by atoms with van der Waals surface area (Å²) in [5, 5.41) is 10.3. The van der Waals surface area contributed by atoms with Crippen LogP contribution in [-0.4, -0.2) is 41.8 Å². The number of benzene rings is 2. The standard InChI is InChI=1S/C22H26O6/c1-15-19(25-13-17-9-5-3-6-10-17)20(21(22(24)27-15)28-16(2)23)26-14-18-11-7-4-8-12-18/h3-12,15,19-22,24H,13-14H2,1-2H3/t15-,19-,20+,21+,22?/m0/s1. The maximum atomic E-state index is 11.6. The lowest BCUT2D eigenvalue weighted by atomic mass is 9.98. The summed E-state index contributed by atoms with van der Waals surface area (Å²) in [4.78, 5) is 11.6. The maximum absolute atomic E-state index is 11.6. The van der Waals surface area contributed by atoms with Crippen molar-refractivity contribution in [2.45, 2.75) is 57.8 Å². The van der Waals surface area contributed by atoms with Crippen molar-refractivity contribution in [1.82, 2.24) is 0 Å². The Morgan fingerprint density at radius 2 is 1.39 bits per heavy atom. The number of carbonyl (C=O) groups is 1. The van der Waals surface area contributed by atoms with Crippen LogP contribution in [0.1, 0.15) is 25.0 Å². The fraction of sp³-hybridized carbons (Fsp3) is 0.409. The van der Waals surface area contributed by atoms with E-state index >= 15 is 0 Å². The van der Waals surface area contributed by atoms with Crippen LogP contribution in [0.3, 0.4) is 0 Å². The van der Waals surface area contributed by atoms with Crippen LogP contribution in [0.25, 0.3) is 0 Å². The lowest BCUT2D eigenvalue weighted by Crippen LogP contribution is -2.59. The van der Waals surface area contributed by atoms with E-state index in [1.807, 2.05) is 67.6 Å². The van der Waals surface area contributed by atoms with Gasteiger partial charge in [0.1, 0.15) is 12.2 Å². The van der Waals surface area contributed by atoms with Crippen molar-refractivity contribution in [1.29, 1.82) is 0 Å². The van der Waals surface area contributed by atoms with E-state index < -0.39 is 36.7 Å². The van der Waals surface area contributed by atoms with E-state index in [4.69, 9.17) is 18.9 Å². The van der Waals surface area contributed by atoms with E-state index in [9.17, 15) is 9.90 Å². The minimum absolute atomic E-state index is 0.300. The van der Waals surface area contributed by atoms with Crippen LogP contribution in [0.5, 0.6) is 0 Å². The molecular formula is C22H26O6. The van der Waals surface area contributed by atoms with Crippen LogP contribution >= 0.6 is 0 Å². The largest absolute Gasteiger partial charge is 0.454 e. The van der Waals surface area contributed by atoms with Gasteiger partial charge in [0.25, 0.3) is 0 Å². The number of aliphatic hydroxyl groups excluding tert-OH is 1. The zero-order chi connectivity index (χ0) is 19.9. The predicted octanol–water partition coefficient (Wildman–Crippen LogP) is 2.83. The Bertz CT molecular complexity index is 735. The number of hydrogen-bond acceptors (Lipinski definition) is 6. The van der Waals surface area contributed by atoms with E-state index in [0.29, 0.717) is 13.2 Å². The lowest BCUT2D eigenvalue weighted by molar-refractivity contribution is -0.300. The van der Waals surface area contributed by atoms with Gasteiger partial charge in [0.15, 0.2) is 12.4 Å². The van der Waals surface area contributed by atoms with Crippen molar-refractivity contribution in [2.75, 3.05) is 0 Å². The van der Waals surface area contributed by atoms with Crippen molar-refractivity contribution in [3.05, 3.63) is 71.8 Å². The molecule has 0 radical (unpaired) electrons. The summed E-state index contributed by atoms with van der Waals surface area (Å²) in [7, 11) is 0. The summed E-state index contributed by atoms with van der Waals surface area (Å²) in [6, 6.07) is 19.4. The highest BCUT2D eigenvalue weighted by atomic mass is 16.7. The predicted molar refractivity (Wildman–Crippen MR) is 102 cm³/mol. The molecule has 3 rings (SSSR count).